The van der Waals surface area contributed by atoms with Crippen LogP contribution in [-0.4, -0.2) is 0 Å². The van der Waals surface area contributed by atoms with E-state index >= 15 is 0 Å². The number of hydrogen-bond donors (Lipinski definition) is 1. The number of benzene rings is 1. The van der Waals surface area contributed by atoms with E-state index in [-0.39, 0.29) is 5.56 Å². The molecule has 0 atom stereocenters. The van der Waals surface area contributed by atoms with Gasteiger partial charge in [0.05, 0.1) is 5.02 Å². The smallest absolute Gasteiger partial charge is 0.205 e. The third-order valence-electron chi connectivity index (χ3n) is 1.92. The second-order valence-electron chi connectivity index (χ2n) is 2.76. The van der Waals surface area contributed by atoms with Gasteiger partial charge >= 0.3 is 0 Å². The molecule has 0 N–H and O–H groups in total. The quantitative estimate of drug-likeness (QED) is 0.692. The lowest BCUT2D eigenvalue weighted by Crippen LogP contribution is -1.84. The third-order valence-corrected chi connectivity index (χ3v) is 3.75. The molecule has 0 saturated carbocycles. The van der Waals surface area contributed by atoms with Gasteiger partial charge in [0.25, 0.3) is 6.43 Å². The number of thiol groups is 1. The standard InChI is InChI=1S/C9H5ClF2S2/c10-5-3-14-8-4(9(11)12)1-2-6(13)7(5)8/h1-3,9,13H. The monoisotopic (exact) mass is 250 g/mol. The molecule has 0 aliphatic carbocycles. The van der Waals surface area contributed by atoms with Gasteiger partial charge in [0.15, 0.2) is 0 Å². The van der Waals surface area contributed by atoms with E-state index in [4.69, 9.17) is 11.6 Å². The molecule has 0 radical (unpaired) electrons. The summed E-state index contributed by atoms with van der Waals surface area (Å²) in [7, 11) is 0. The molecule has 14 heavy (non-hydrogen) atoms. The molecule has 1 heterocycles. The first-order valence-corrected chi connectivity index (χ1v) is 5.48. The maximum absolute atomic E-state index is 12.6. The maximum atomic E-state index is 12.6. The van der Waals surface area contributed by atoms with Crippen LogP contribution >= 0.6 is 35.6 Å². The summed E-state index contributed by atoms with van der Waals surface area (Å²) in [5.74, 6) is 0. The molecular formula is C9H5ClF2S2. The lowest BCUT2D eigenvalue weighted by atomic mass is 10.2. The number of hydrogen-bond acceptors (Lipinski definition) is 2. The first-order valence-electron chi connectivity index (χ1n) is 3.78. The summed E-state index contributed by atoms with van der Waals surface area (Å²) >= 11 is 11.3. The first kappa shape index (κ1) is 10.2. The summed E-state index contributed by atoms with van der Waals surface area (Å²) in [5, 5.41) is 2.76. The van der Waals surface area contributed by atoms with Crippen molar-refractivity contribution in [2.75, 3.05) is 0 Å². The van der Waals surface area contributed by atoms with Crippen molar-refractivity contribution >= 4 is 45.7 Å². The minimum absolute atomic E-state index is 0.0229. The molecule has 0 unspecified atom stereocenters. The molecule has 0 saturated heterocycles. The maximum Gasteiger partial charge on any atom is 0.265 e. The van der Waals surface area contributed by atoms with E-state index in [9.17, 15) is 8.78 Å². The molecule has 74 valence electrons. The van der Waals surface area contributed by atoms with Crippen molar-refractivity contribution in [1.82, 2.24) is 0 Å². The van der Waals surface area contributed by atoms with Crippen molar-refractivity contribution in [2.45, 2.75) is 11.3 Å². The number of thiophene rings is 1. The Morgan fingerprint density at radius 3 is 2.71 bits per heavy atom. The van der Waals surface area contributed by atoms with Crippen LogP contribution in [0.3, 0.4) is 0 Å². The van der Waals surface area contributed by atoms with Crippen LogP contribution in [0, 0.1) is 0 Å². The van der Waals surface area contributed by atoms with Crippen molar-refractivity contribution in [3.8, 4) is 0 Å². The minimum Gasteiger partial charge on any atom is -0.205 e. The highest BCUT2D eigenvalue weighted by atomic mass is 35.5. The van der Waals surface area contributed by atoms with Crippen molar-refractivity contribution in [1.29, 1.82) is 0 Å². The summed E-state index contributed by atoms with van der Waals surface area (Å²) < 4.78 is 25.7. The molecule has 1 aromatic heterocycles. The molecule has 0 amide bonds. The highest BCUT2D eigenvalue weighted by Crippen LogP contribution is 2.39. The molecule has 0 fully saturated rings. The molecule has 2 rings (SSSR count). The molecule has 0 spiro atoms. The highest BCUT2D eigenvalue weighted by molar-refractivity contribution is 7.80. The largest absolute Gasteiger partial charge is 0.265 e. The fourth-order valence-electron chi connectivity index (χ4n) is 1.29. The van der Waals surface area contributed by atoms with Gasteiger partial charge in [-0.25, -0.2) is 8.78 Å². The molecule has 5 heteroatoms. The summed E-state index contributed by atoms with van der Waals surface area (Å²) in [4.78, 5) is 0.635. The summed E-state index contributed by atoms with van der Waals surface area (Å²) in [6, 6.07) is 2.94. The fraction of sp³-hybridized carbons (Fsp3) is 0.111. The van der Waals surface area contributed by atoms with Gasteiger partial charge in [-0.2, -0.15) is 0 Å². The van der Waals surface area contributed by atoms with Crippen LogP contribution in [-0.2, 0) is 0 Å². The number of fused-ring (bicyclic) bond motifs is 1. The van der Waals surface area contributed by atoms with Crippen molar-refractivity contribution in [3.05, 3.63) is 28.1 Å². The Morgan fingerprint density at radius 2 is 2.07 bits per heavy atom. The van der Waals surface area contributed by atoms with Crippen LogP contribution in [0.5, 0.6) is 0 Å². The Morgan fingerprint density at radius 1 is 1.36 bits per heavy atom. The van der Waals surface area contributed by atoms with Crippen LogP contribution in [0.2, 0.25) is 5.02 Å². The van der Waals surface area contributed by atoms with E-state index in [1.165, 1.54) is 17.4 Å². The third kappa shape index (κ3) is 1.51. The van der Waals surface area contributed by atoms with Gasteiger partial charge in [-0.3, -0.25) is 0 Å². The summed E-state index contributed by atoms with van der Waals surface area (Å²) in [5.41, 5.74) is 0.0229. The van der Waals surface area contributed by atoms with Gasteiger partial charge in [-0.1, -0.05) is 17.7 Å². The zero-order valence-corrected chi connectivity index (χ0v) is 9.27. The van der Waals surface area contributed by atoms with Crippen molar-refractivity contribution < 1.29 is 8.78 Å². The van der Waals surface area contributed by atoms with Crippen LogP contribution in [0.25, 0.3) is 10.1 Å². The van der Waals surface area contributed by atoms with Crippen LogP contribution in [0.4, 0.5) is 8.78 Å². The molecule has 1 aromatic carbocycles. The molecular weight excluding hydrogens is 246 g/mol. The second kappa shape index (κ2) is 3.68. The molecule has 0 aliphatic heterocycles. The first-order chi connectivity index (χ1) is 6.61. The number of halogens is 3. The predicted molar refractivity (Wildman–Crippen MR) is 59.0 cm³/mol. The summed E-state index contributed by atoms with van der Waals surface area (Å²) in [6.07, 6.45) is -2.47. The zero-order valence-electron chi connectivity index (χ0n) is 6.80. The average molecular weight is 251 g/mol. The lowest BCUT2D eigenvalue weighted by Gasteiger charge is -2.03. The Hall–Kier alpha value is -0.320. The van der Waals surface area contributed by atoms with Crippen LogP contribution in [0.1, 0.15) is 12.0 Å². The van der Waals surface area contributed by atoms with Crippen molar-refractivity contribution in [3.63, 3.8) is 0 Å². The Bertz CT molecular complexity index is 479. The minimum atomic E-state index is -2.47. The van der Waals surface area contributed by atoms with E-state index < -0.39 is 6.43 Å². The lowest BCUT2D eigenvalue weighted by molar-refractivity contribution is 0.153. The van der Waals surface area contributed by atoms with Crippen LogP contribution in [0.15, 0.2) is 22.4 Å². The van der Waals surface area contributed by atoms with Gasteiger partial charge in [-0.15, -0.1) is 24.0 Å². The Balaban J connectivity index is 2.83. The molecule has 0 bridgehead atoms. The van der Waals surface area contributed by atoms with E-state index in [0.29, 0.717) is 20.0 Å². The molecule has 2 aromatic rings. The molecule has 0 aliphatic rings. The van der Waals surface area contributed by atoms with Crippen LogP contribution < -0.4 is 0 Å². The van der Waals surface area contributed by atoms with Gasteiger partial charge in [0, 0.05) is 25.9 Å². The van der Waals surface area contributed by atoms with Gasteiger partial charge in [0.2, 0.25) is 0 Å². The number of rotatable bonds is 1. The average Bonchev–Trinajstić information content (AvgIpc) is 2.49. The Kier molecular flexibility index (Phi) is 2.68. The van der Waals surface area contributed by atoms with Gasteiger partial charge in [0.1, 0.15) is 0 Å². The van der Waals surface area contributed by atoms with E-state index in [0.717, 1.165) is 0 Å². The SMILES string of the molecule is FC(F)c1ccc(S)c2c(Cl)csc12. The topological polar surface area (TPSA) is 0 Å². The summed E-state index contributed by atoms with van der Waals surface area (Å²) in [6.45, 7) is 0. The van der Waals surface area contributed by atoms with E-state index in [2.05, 4.69) is 12.6 Å². The van der Waals surface area contributed by atoms with Crippen molar-refractivity contribution in [2.24, 2.45) is 0 Å². The van der Waals surface area contributed by atoms with Gasteiger partial charge < -0.3 is 0 Å². The zero-order chi connectivity index (χ0) is 10.3. The normalized spacial score (nSPS) is 11.5. The number of alkyl halides is 2. The van der Waals surface area contributed by atoms with Gasteiger partial charge in [-0.05, 0) is 6.07 Å². The Labute approximate surface area is 93.9 Å². The fourth-order valence-corrected chi connectivity index (χ4v) is 3.09. The predicted octanol–water partition coefficient (Wildman–Crippen LogP) is 4.78. The molecule has 0 nitrogen and oxygen atoms in total. The van der Waals surface area contributed by atoms with E-state index in [1.807, 2.05) is 0 Å². The highest BCUT2D eigenvalue weighted by Gasteiger charge is 2.15. The second-order valence-corrected chi connectivity index (χ2v) is 4.53. The van der Waals surface area contributed by atoms with E-state index in [1.54, 1.807) is 11.4 Å².